The molecule has 8 heteroatoms. The zero-order valence-corrected chi connectivity index (χ0v) is 16.1. The molecular weight excluding hydrogens is 340 g/mol. The third-order valence-electron chi connectivity index (χ3n) is 4.38. The summed E-state index contributed by atoms with van der Waals surface area (Å²) in [7, 11) is 0. The number of rotatable bonds is 12. The summed E-state index contributed by atoms with van der Waals surface area (Å²) in [5, 5.41) is 6.72. The van der Waals surface area contributed by atoms with Gasteiger partial charge in [-0.25, -0.2) is 0 Å². The summed E-state index contributed by atoms with van der Waals surface area (Å²) in [6, 6.07) is 0. The van der Waals surface area contributed by atoms with Crippen molar-refractivity contribution < 1.29 is 9.64 Å². The zero-order chi connectivity index (χ0) is 17.7. The normalized spacial score (nSPS) is 15.3. The molecule has 0 unspecified atom stereocenters. The number of quaternary nitrogens is 1. The molecule has 1 aromatic heterocycles. The van der Waals surface area contributed by atoms with Crippen LogP contribution in [0.4, 0.5) is 11.9 Å². The first-order valence-corrected chi connectivity index (χ1v) is 9.96. The number of nitrogens with zero attached hydrogens (tertiary/aromatic N) is 3. The standard InChI is InChI=1S/C17H31ClN6O/c1-2-3-4-5-6-7-8-19-16-21-15(18)22-17(23-16)20-9-10-24-11-13-25-14-12-24/h2-14H2,1H3,(H2,19,20,21,22,23)/p+1. The molecule has 0 atom stereocenters. The third-order valence-corrected chi connectivity index (χ3v) is 4.55. The van der Waals surface area contributed by atoms with Crippen molar-refractivity contribution in [3.8, 4) is 0 Å². The van der Waals surface area contributed by atoms with E-state index >= 15 is 0 Å². The Bertz CT molecular complexity index is 484. The summed E-state index contributed by atoms with van der Waals surface area (Å²) in [5.74, 6) is 1.09. The molecule has 25 heavy (non-hydrogen) atoms. The van der Waals surface area contributed by atoms with Crippen LogP contribution in [0.1, 0.15) is 45.4 Å². The third kappa shape index (κ3) is 8.65. The summed E-state index contributed by atoms with van der Waals surface area (Å²) in [4.78, 5) is 14.2. The number of morpholine rings is 1. The van der Waals surface area contributed by atoms with Gasteiger partial charge in [0.05, 0.1) is 26.3 Å². The molecule has 7 nitrogen and oxygen atoms in total. The predicted molar refractivity (Wildman–Crippen MR) is 102 cm³/mol. The van der Waals surface area contributed by atoms with Crippen molar-refractivity contribution in [1.29, 1.82) is 0 Å². The largest absolute Gasteiger partial charge is 0.370 e. The first kappa shape index (κ1) is 20.1. The highest BCUT2D eigenvalue weighted by atomic mass is 35.5. The van der Waals surface area contributed by atoms with E-state index in [4.69, 9.17) is 16.3 Å². The lowest BCUT2D eigenvalue weighted by Crippen LogP contribution is -3.14. The quantitative estimate of drug-likeness (QED) is 0.485. The Hall–Kier alpha value is -1.18. The molecule has 0 radical (unpaired) electrons. The Kier molecular flexibility index (Phi) is 9.84. The van der Waals surface area contributed by atoms with Gasteiger partial charge in [0.15, 0.2) is 0 Å². The Labute approximate surface area is 155 Å². The van der Waals surface area contributed by atoms with Crippen molar-refractivity contribution in [3.63, 3.8) is 0 Å². The SMILES string of the molecule is CCCCCCCCNc1nc(Cl)nc(NCC[NH+]2CCOCC2)n1. The van der Waals surface area contributed by atoms with Crippen molar-refractivity contribution in [2.75, 3.05) is 56.6 Å². The monoisotopic (exact) mass is 371 g/mol. The van der Waals surface area contributed by atoms with Crippen LogP contribution in [0.2, 0.25) is 5.28 Å². The molecule has 0 spiro atoms. The average molecular weight is 372 g/mol. The second-order valence-electron chi connectivity index (χ2n) is 6.49. The van der Waals surface area contributed by atoms with Gasteiger partial charge in [0.2, 0.25) is 17.2 Å². The van der Waals surface area contributed by atoms with Gasteiger partial charge >= 0.3 is 0 Å². The van der Waals surface area contributed by atoms with Crippen molar-refractivity contribution in [2.24, 2.45) is 0 Å². The fraction of sp³-hybridized carbons (Fsp3) is 0.824. The number of unbranched alkanes of at least 4 members (excludes halogenated alkanes) is 5. The molecule has 1 aromatic rings. The topological polar surface area (TPSA) is 76.4 Å². The maximum absolute atomic E-state index is 6.01. The molecule has 3 N–H and O–H groups in total. The highest BCUT2D eigenvalue weighted by Crippen LogP contribution is 2.10. The predicted octanol–water partition coefficient (Wildman–Crippen LogP) is 1.62. The smallest absolute Gasteiger partial charge is 0.229 e. The molecule has 1 fully saturated rings. The van der Waals surface area contributed by atoms with Gasteiger partial charge in [0.1, 0.15) is 13.1 Å². The van der Waals surface area contributed by atoms with Crippen LogP contribution in [-0.4, -0.2) is 60.9 Å². The summed E-state index contributed by atoms with van der Waals surface area (Å²) in [6.45, 7) is 8.75. The molecule has 0 aliphatic carbocycles. The van der Waals surface area contributed by atoms with Crippen molar-refractivity contribution in [1.82, 2.24) is 15.0 Å². The molecule has 0 aromatic carbocycles. The van der Waals surface area contributed by atoms with Gasteiger partial charge in [-0.15, -0.1) is 0 Å². The van der Waals surface area contributed by atoms with Crippen LogP contribution in [-0.2, 0) is 4.74 Å². The molecular formula is C17H32ClN6O+. The summed E-state index contributed by atoms with van der Waals surface area (Å²) >= 11 is 6.01. The highest BCUT2D eigenvalue weighted by Gasteiger charge is 2.13. The number of hydrogen-bond acceptors (Lipinski definition) is 6. The van der Waals surface area contributed by atoms with Crippen LogP contribution in [0.25, 0.3) is 0 Å². The van der Waals surface area contributed by atoms with E-state index in [2.05, 4.69) is 32.5 Å². The maximum Gasteiger partial charge on any atom is 0.229 e. The van der Waals surface area contributed by atoms with Crippen molar-refractivity contribution >= 4 is 23.5 Å². The van der Waals surface area contributed by atoms with Gasteiger partial charge in [-0.3, -0.25) is 0 Å². The Balaban J connectivity index is 1.66. The van der Waals surface area contributed by atoms with E-state index in [1.807, 2.05) is 0 Å². The molecule has 1 aliphatic heterocycles. The van der Waals surface area contributed by atoms with Crippen molar-refractivity contribution in [2.45, 2.75) is 45.4 Å². The Morgan fingerprint density at radius 3 is 2.28 bits per heavy atom. The number of aromatic nitrogens is 3. The van der Waals surface area contributed by atoms with Gasteiger partial charge in [-0.1, -0.05) is 39.0 Å². The van der Waals surface area contributed by atoms with Crippen LogP contribution in [0, 0.1) is 0 Å². The van der Waals surface area contributed by atoms with Crippen LogP contribution < -0.4 is 15.5 Å². The molecule has 2 heterocycles. The van der Waals surface area contributed by atoms with Crippen LogP contribution in [0.3, 0.4) is 0 Å². The van der Waals surface area contributed by atoms with E-state index in [1.165, 1.54) is 32.1 Å². The second-order valence-corrected chi connectivity index (χ2v) is 6.82. The highest BCUT2D eigenvalue weighted by molar-refractivity contribution is 6.28. The summed E-state index contributed by atoms with van der Waals surface area (Å²) < 4.78 is 5.37. The van der Waals surface area contributed by atoms with E-state index in [0.717, 1.165) is 52.4 Å². The fourth-order valence-electron chi connectivity index (χ4n) is 2.87. The van der Waals surface area contributed by atoms with E-state index < -0.39 is 0 Å². The molecule has 1 aliphatic rings. The second kappa shape index (κ2) is 12.2. The summed E-state index contributed by atoms with van der Waals surface area (Å²) in [5.41, 5.74) is 0. The molecule has 0 saturated carbocycles. The fourth-order valence-corrected chi connectivity index (χ4v) is 3.03. The Morgan fingerprint density at radius 2 is 1.56 bits per heavy atom. The number of hydrogen-bond donors (Lipinski definition) is 3. The van der Waals surface area contributed by atoms with Gasteiger partial charge < -0.3 is 20.3 Å². The van der Waals surface area contributed by atoms with E-state index in [1.54, 1.807) is 4.90 Å². The van der Waals surface area contributed by atoms with Crippen LogP contribution in [0.5, 0.6) is 0 Å². The van der Waals surface area contributed by atoms with Gasteiger partial charge in [0, 0.05) is 6.54 Å². The number of anilines is 2. The molecule has 0 bridgehead atoms. The molecule has 0 amide bonds. The van der Waals surface area contributed by atoms with Crippen LogP contribution in [0.15, 0.2) is 0 Å². The van der Waals surface area contributed by atoms with Crippen molar-refractivity contribution in [3.05, 3.63) is 5.28 Å². The Morgan fingerprint density at radius 1 is 0.920 bits per heavy atom. The number of halogens is 1. The lowest BCUT2D eigenvalue weighted by Gasteiger charge is -2.23. The minimum Gasteiger partial charge on any atom is -0.370 e. The lowest BCUT2D eigenvalue weighted by atomic mass is 10.1. The minimum absolute atomic E-state index is 0.224. The average Bonchev–Trinajstić information content (AvgIpc) is 2.61. The van der Waals surface area contributed by atoms with E-state index in [0.29, 0.717) is 11.9 Å². The van der Waals surface area contributed by atoms with Gasteiger partial charge in [0.25, 0.3) is 0 Å². The molecule has 2 rings (SSSR count). The van der Waals surface area contributed by atoms with Crippen LogP contribution >= 0.6 is 11.6 Å². The minimum atomic E-state index is 0.224. The lowest BCUT2D eigenvalue weighted by molar-refractivity contribution is -0.906. The first-order valence-electron chi connectivity index (χ1n) is 9.58. The van der Waals surface area contributed by atoms with E-state index in [9.17, 15) is 0 Å². The summed E-state index contributed by atoms with van der Waals surface area (Å²) in [6.07, 6.45) is 7.59. The van der Waals surface area contributed by atoms with Gasteiger partial charge in [-0.2, -0.15) is 15.0 Å². The molecule has 1 saturated heterocycles. The number of nitrogens with one attached hydrogen (secondary N) is 3. The molecule has 142 valence electrons. The first-order chi connectivity index (χ1) is 12.3. The zero-order valence-electron chi connectivity index (χ0n) is 15.3. The van der Waals surface area contributed by atoms with Gasteiger partial charge in [-0.05, 0) is 18.0 Å². The van der Waals surface area contributed by atoms with E-state index in [-0.39, 0.29) is 5.28 Å². The number of ether oxygens (including phenoxy) is 1. The maximum atomic E-state index is 6.01.